The Kier molecular flexibility index (Phi) is 6.06. The number of aromatic amines is 1. The van der Waals surface area contributed by atoms with Crippen LogP contribution in [0.4, 0.5) is 17.6 Å². The third-order valence-electron chi connectivity index (χ3n) is 6.46. The number of aryl methyl sites for hydroxylation is 1. The van der Waals surface area contributed by atoms with Gasteiger partial charge in [0.25, 0.3) is 0 Å². The second-order valence-electron chi connectivity index (χ2n) is 9.69. The summed E-state index contributed by atoms with van der Waals surface area (Å²) in [5.41, 5.74) is -0.0689. The highest BCUT2D eigenvalue weighted by atomic mass is 19.4. The molecule has 0 aliphatic heterocycles. The standard InChI is InChI=1S/C28H27F4NO/c1-18-9-11-22(29)15-24(18)26(2,3)17-27(34,28(30,31)32)16-23-14-21-13-20(10-12-25(21)33-23)19-7-5-4-6-8-19/h4-15,33-34H,16-17H2,1-3H3. The van der Waals surface area contributed by atoms with Gasteiger partial charge in [0.1, 0.15) is 5.82 Å². The van der Waals surface area contributed by atoms with E-state index in [1.165, 1.54) is 12.1 Å². The van der Waals surface area contributed by atoms with Gasteiger partial charge in [-0.1, -0.05) is 56.3 Å². The van der Waals surface area contributed by atoms with Gasteiger partial charge in [-0.05, 0) is 71.3 Å². The summed E-state index contributed by atoms with van der Waals surface area (Å²) in [6.07, 6.45) is -6.12. The lowest BCUT2D eigenvalue weighted by atomic mass is 9.72. The maximum atomic E-state index is 14.2. The Labute approximate surface area is 196 Å². The molecule has 0 saturated carbocycles. The number of alkyl halides is 3. The summed E-state index contributed by atoms with van der Waals surface area (Å²) in [6, 6.07) is 21.1. The van der Waals surface area contributed by atoms with E-state index in [2.05, 4.69) is 4.98 Å². The molecule has 34 heavy (non-hydrogen) atoms. The molecule has 6 heteroatoms. The smallest absolute Gasteiger partial charge is 0.380 e. The first kappa shape index (κ1) is 24.0. The Morgan fingerprint density at radius 1 is 0.853 bits per heavy atom. The van der Waals surface area contributed by atoms with Crippen molar-refractivity contribution in [2.75, 3.05) is 0 Å². The molecule has 0 radical (unpaired) electrons. The summed E-state index contributed by atoms with van der Waals surface area (Å²) in [7, 11) is 0. The van der Waals surface area contributed by atoms with E-state index in [0.717, 1.165) is 16.5 Å². The van der Waals surface area contributed by atoms with Crippen LogP contribution in [-0.2, 0) is 11.8 Å². The SMILES string of the molecule is Cc1ccc(F)cc1C(C)(C)CC(O)(Cc1cc2cc(-c3ccccc3)ccc2[nH]1)C(F)(F)F. The van der Waals surface area contributed by atoms with Crippen molar-refractivity contribution in [2.45, 2.75) is 50.8 Å². The minimum Gasteiger partial charge on any atom is -0.380 e. The van der Waals surface area contributed by atoms with Crippen LogP contribution in [-0.4, -0.2) is 21.9 Å². The molecule has 1 unspecified atom stereocenters. The summed E-state index contributed by atoms with van der Waals surface area (Å²) >= 11 is 0. The van der Waals surface area contributed by atoms with Crippen LogP contribution in [0.25, 0.3) is 22.0 Å². The lowest BCUT2D eigenvalue weighted by Crippen LogP contribution is -2.51. The van der Waals surface area contributed by atoms with Crippen LogP contribution in [0.15, 0.2) is 72.8 Å². The number of rotatable bonds is 6. The normalized spacial score (nSPS) is 14.4. The summed E-state index contributed by atoms with van der Waals surface area (Å²) in [4.78, 5) is 3.03. The molecule has 2 nitrogen and oxygen atoms in total. The van der Waals surface area contributed by atoms with E-state index in [0.29, 0.717) is 16.6 Å². The molecular weight excluding hydrogens is 442 g/mol. The van der Waals surface area contributed by atoms with E-state index in [4.69, 9.17) is 0 Å². The summed E-state index contributed by atoms with van der Waals surface area (Å²) < 4.78 is 56.5. The van der Waals surface area contributed by atoms with E-state index in [1.54, 1.807) is 32.9 Å². The Morgan fingerprint density at radius 3 is 2.24 bits per heavy atom. The molecule has 0 saturated heterocycles. The Bertz CT molecular complexity index is 1310. The zero-order chi connectivity index (χ0) is 24.7. The molecule has 1 atom stereocenters. The van der Waals surface area contributed by atoms with Gasteiger partial charge in [0.15, 0.2) is 5.60 Å². The van der Waals surface area contributed by atoms with Gasteiger partial charge in [-0.25, -0.2) is 4.39 Å². The molecule has 2 N–H and O–H groups in total. The van der Waals surface area contributed by atoms with Crippen LogP contribution in [0.5, 0.6) is 0 Å². The quantitative estimate of drug-likeness (QED) is 0.282. The second-order valence-corrected chi connectivity index (χ2v) is 9.69. The molecule has 178 valence electrons. The fourth-order valence-electron chi connectivity index (χ4n) is 4.83. The minimum absolute atomic E-state index is 0.284. The molecule has 1 heterocycles. The van der Waals surface area contributed by atoms with Gasteiger partial charge in [0.2, 0.25) is 0 Å². The highest BCUT2D eigenvalue weighted by Crippen LogP contribution is 2.44. The van der Waals surface area contributed by atoms with Gasteiger partial charge in [-0.15, -0.1) is 0 Å². The van der Waals surface area contributed by atoms with Gasteiger partial charge in [0.05, 0.1) is 0 Å². The molecule has 0 amide bonds. The Morgan fingerprint density at radius 2 is 1.56 bits per heavy atom. The average molecular weight is 470 g/mol. The molecule has 4 aromatic rings. The number of hydrogen-bond donors (Lipinski definition) is 2. The third-order valence-corrected chi connectivity index (χ3v) is 6.46. The third kappa shape index (κ3) is 4.73. The van der Waals surface area contributed by atoms with Gasteiger partial charge < -0.3 is 10.1 Å². The number of aliphatic hydroxyl groups is 1. The zero-order valence-electron chi connectivity index (χ0n) is 19.3. The van der Waals surface area contributed by atoms with Crippen molar-refractivity contribution in [3.63, 3.8) is 0 Å². The number of H-pyrrole nitrogens is 1. The maximum Gasteiger partial charge on any atom is 0.417 e. The van der Waals surface area contributed by atoms with Gasteiger partial charge in [0, 0.05) is 23.0 Å². The molecule has 0 fully saturated rings. The monoisotopic (exact) mass is 469 g/mol. The van der Waals surface area contributed by atoms with Crippen LogP contribution in [0.3, 0.4) is 0 Å². The van der Waals surface area contributed by atoms with Crippen LogP contribution in [0.2, 0.25) is 0 Å². The topological polar surface area (TPSA) is 36.0 Å². The molecule has 4 rings (SSSR count). The molecule has 1 aromatic heterocycles. The minimum atomic E-state index is -4.88. The summed E-state index contributed by atoms with van der Waals surface area (Å²) in [5, 5.41) is 11.7. The van der Waals surface area contributed by atoms with Crippen molar-refractivity contribution in [2.24, 2.45) is 0 Å². The number of fused-ring (bicyclic) bond motifs is 1. The van der Waals surface area contributed by atoms with E-state index in [1.807, 2.05) is 48.5 Å². The van der Waals surface area contributed by atoms with Gasteiger partial charge >= 0.3 is 6.18 Å². The molecular formula is C28H27F4NO. The molecule has 0 spiro atoms. The summed E-state index contributed by atoms with van der Waals surface area (Å²) in [5.74, 6) is -0.519. The molecule has 0 aliphatic carbocycles. The lowest BCUT2D eigenvalue weighted by molar-refractivity contribution is -0.266. The van der Waals surface area contributed by atoms with Crippen molar-refractivity contribution in [3.8, 4) is 11.1 Å². The number of halogens is 4. The first-order chi connectivity index (χ1) is 15.9. The predicted octanol–water partition coefficient (Wildman–Crippen LogP) is 7.49. The van der Waals surface area contributed by atoms with Crippen LogP contribution in [0, 0.1) is 12.7 Å². The van der Waals surface area contributed by atoms with E-state index in [-0.39, 0.29) is 5.69 Å². The Hall–Kier alpha value is -3.12. The van der Waals surface area contributed by atoms with Gasteiger partial charge in [-0.3, -0.25) is 0 Å². The molecule has 0 aliphatic rings. The van der Waals surface area contributed by atoms with Crippen LogP contribution < -0.4 is 0 Å². The maximum absolute atomic E-state index is 14.2. The van der Waals surface area contributed by atoms with Crippen molar-refractivity contribution in [1.29, 1.82) is 0 Å². The average Bonchev–Trinajstić information content (AvgIpc) is 3.15. The zero-order valence-corrected chi connectivity index (χ0v) is 19.3. The molecule has 0 bridgehead atoms. The fourth-order valence-corrected chi connectivity index (χ4v) is 4.83. The number of aromatic nitrogens is 1. The highest BCUT2D eigenvalue weighted by molar-refractivity contribution is 5.85. The number of benzene rings is 3. The summed E-state index contributed by atoms with van der Waals surface area (Å²) in [6.45, 7) is 4.93. The van der Waals surface area contributed by atoms with Crippen molar-refractivity contribution < 1.29 is 22.7 Å². The van der Waals surface area contributed by atoms with Crippen LogP contribution >= 0.6 is 0 Å². The second kappa shape index (κ2) is 8.58. The van der Waals surface area contributed by atoms with E-state index >= 15 is 0 Å². The first-order valence-electron chi connectivity index (χ1n) is 11.1. The van der Waals surface area contributed by atoms with E-state index < -0.39 is 35.9 Å². The lowest BCUT2D eigenvalue weighted by Gasteiger charge is -2.38. The number of hydrogen-bond acceptors (Lipinski definition) is 1. The van der Waals surface area contributed by atoms with Crippen molar-refractivity contribution >= 4 is 10.9 Å². The van der Waals surface area contributed by atoms with E-state index in [9.17, 15) is 22.7 Å². The van der Waals surface area contributed by atoms with Crippen LogP contribution in [0.1, 0.15) is 37.1 Å². The first-order valence-corrected chi connectivity index (χ1v) is 11.1. The van der Waals surface area contributed by atoms with Gasteiger partial charge in [-0.2, -0.15) is 13.2 Å². The fraction of sp³-hybridized carbons (Fsp3) is 0.286. The Balaban J connectivity index is 1.67. The predicted molar refractivity (Wildman–Crippen MR) is 127 cm³/mol. The largest absolute Gasteiger partial charge is 0.417 e. The highest BCUT2D eigenvalue weighted by Gasteiger charge is 2.56. The van der Waals surface area contributed by atoms with Crippen molar-refractivity contribution in [1.82, 2.24) is 4.98 Å². The molecule has 3 aromatic carbocycles. The van der Waals surface area contributed by atoms with Crippen molar-refractivity contribution in [3.05, 3.63) is 95.4 Å². The number of nitrogens with one attached hydrogen (secondary N) is 1.